The van der Waals surface area contributed by atoms with E-state index in [2.05, 4.69) is 63.2 Å². The highest BCUT2D eigenvalue weighted by Crippen LogP contribution is 2.38. The van der Waals surface area contributed by atoms with Crippen molar-refractivity contribution in [1.82, 2.24) is 5.32 Å². The van der Waals surface area contributed by atoms with Crippen LogP contribution in [0.4, 0.5) is 0 Å². The van der Waals surface area contributed by atoms with Crippen molar-refractivity contribution in [3.63, 3.8) is 0 Å². The molecular formula is C17H25Br2NO. The van der Waals surface area contributed by atoms with Crippen molar-refractivity contribution in [3.05, 3.63) is 26.6 Å². The number of ether oxygens (including phenoxy) is 1. The van der Waals surface area contributed by atoms with E-state index in [0.29, 0.717) is 12.5 Å². The summed E-state index contributed by atoms with van der Waals surface area (Å²) in [5, 5.41) is 3.77. The second-order valence-corrected chi connectivity index (χ2v) is 8.16. The second-order valence-electron chi connectivity index (χ2n) is 6.39. The molecule has 0 aromatic heterocycles. The molecule has 1 N–H and O–H groups in total. The average molecular weight is 419 g/mol. The molecule has 2 rings (SSSR count). The fourth-order valence-corrected chi connectivity index (χ4v) is 4.89. The molecule has 1 aromatic rings. The first-order valence-corrected chi connectivity index (χ1v) is 9.40. The van der Waals surface area contributed by atoms with Gasteiger partial charge in [0.05, 0.1) is 11.1 Å². The number of hydrogen-bond donors (Lipinski definition) is 1. The first-order chi connectivity index (χ1) is 9.96. The third-order valence-corrected chi connectivity index (χ3v) is 5.08. The van der Waals surface area contributed by atoms with E-state index in [9.17, 15) is 0 Å². The van der Waals surface area contributed by atoms with E-state index < -0.39 is 0 Å². The summed E-state index contributed by atoms with van der Waals surface area (Å²) in [5.41, 5.74) is 1.51. The molecule has 1 atom stereocenters. The van der Waals surface area contributed by atoms with Gasteiger partial charge in [0.15, 0.2) is 0 Å². The zero-order valence-electron chi connectivity index (χ0n) is 13.1. The lowest BCUT2D eigenvalue weighted by Gasteiger charge is -2.32. The third-order valence-electron chi connectivity index (χ3n) is 4.03. The molecule has 1 heterocycles. The Balaban J connectivity index is 2.31. The van der Waals surface area contributed by atoms with Crippen molar-refractivity contribution in [2.24, 2.45) is 5.92 Å². The van der Waals surface area contributed by atoms with Crippen molar-refractivity contribution >= 4 is 31.9 Å². The minimum atomic E-state index is 0.222. The van der Waals surface area contributed by atoms with Crippen LogP contribution in [0.5, 0.6) is 5.75 Å². The Hall–Kier alpha value is -0.0600. The Morgan fingerprint density at radius 2 is 2.10 bits per heavy atom. The summed E-state index contributed by atoms with van der Waals surface area (Å²) in [6, 6.07) is 4.27. The molecule has 1 aromatic carbocycles. The first kappa shape index (κ1) is 17.3. The lowest BCUT2D eigenvalue weighted by atomic mass is 9.82. The summed E-state index contributed by atoms with van der Waals surface area (Å²) in [5.74, 6) is 1.69. The number of halogens is 2. The average Bonchev–Trinajstić information content (AvgIpc) is 2.81. The van der Waals surface area contributed by atoms with E-state index in [1.54, 1.807) is 0 Å². The summed E-state index contributed by atoms with van der Waals surface area (Å²) >= 11 is 7.25. The molecule has 2 nitrogen and oxygen atoms in total. The van der Waals surface area contributed by atoms with Crippen LogP contribution in [0, 0.1) is 5.92 Å². The van der Waals surface area contributed by atoms with E-state index in [0.717, 1.165) is 27.7 Å². The standard InChI is InChI=1S/C17H25Br2NO/c1-4-21-16-13(8-14(18)9-15(16)19)11-17(10-12(2)3)6-5-7-20-17/h8-9,12,20H,4-7,10-11H2,1-3H3. The van der Waals surface area contributed by atoms with Gasteiger partial charge in [-0.05, 0) is 78.7 Å². The van der Waals surface area contributed by atoms with Gasteiger partial charge in [-0.1, -0.05) is 29.8 Å². The molecule has 0 saturated carbocycles. The third kappa shape index (κ3) is 4.46. The normalized spacial score (nSPS) is 22.0. The molecule has 1 aliphatic rings. The zero-order valence-corrected chi connectivity index (χ0v) is 16.3. The monoisotopic (exact) mass is 417 g/mol. The van der Waals surface area contributed by atoms with Crippen LogP contribution >= 0.6 is 31.9 Å². The van der Waals surface area contributed by atoms with Gasteiger partial charge >= 0.3 is 0 Å². The Labute approximate surface area is 145 Å². The summed E-state index contributed by atoms with van der Waals surface area (Å²) in [6.45, 7) is 8.48. The van der Waals surface area contributed by atoms with Crippen molar-refractivity contribution < 1.29 is 4.74 Å². The molecule has 1 saturated heterocycles. The molecular weight excluding hydrogens is 394 g/mol. The van der Waals surface area contributed by atoms with Crippen LogP contribution in [0.3, 0.4) is 0 Å². The van der Waals surface area contributed by atoms with Gasteiger partial charge in [0.25, 0.3) is 0 Å². The highest BCUT2D eigenvalue weighted by Gasteiger charge is 2.35. The maximum atomic E-state index is 5.89. The molecule has 0 bridgehead atoms. The first-order valence-electron chi connectivity index (χ1n) is 7.81. The number of hydrogen-bond acceptors (Lipinski definition) is 2. The molecule has 0 spiro atoms. The Kier molecular flexibility index (Phi) is 6.15. The van der Waals surface area contributed by atoms with Gasteiger partial charge in [0.1, 0.15) is 5.75 Å². The maximum absolute atomic E-state index is 5.89. The highest BCUT2D eigenvalue weighted by molar-refractivity contribution is 9.11. The molecule has 0 radical (unpaired) electrons. The molecule has 4 heteroatoms. The van der Waals surface area contributed by atoms with Gasteiger partial charge in [0.2, 0.25) is 0 Å². The van der Waals surface area contributed by atoms with E-state index in [1.165, 1.54) is 24.8 Å². The summed E-state index contributed by atoms with van der Waals surface area (Å²) in [6.07, 6.45) is 4.76. The SMILES string of the molecule is CCOc1c(Br)cc(Br)cc1CC1(CC(C)C)CCCN1. The van der Waals surface area contributed by atoms with E-state index in [4.69, 9.17) is 4.74 Å². The van der Waals surface area contributed by atoms with Crippen molar-refractivity contribution in [2.45, 2.75) is 52.0 Å². The van der Waals surface area contributed by atoms with Crippen molar-refractivity contribution in [2.75, 3.05) is 13.2 Å². The van der Waals surface area contributed by atoms with Gasteiger partial charge in [-0.3, -0.25) is 0 Å². The molecule has 1 unspecified atom stereocenters. The van der Waals surface area contributed by atoms with Crippen LogP contribution in [0.2, 0.25) is 0 Å². The molecule has 21 heavy (non-hydrogen) atoms. The maximum Gasteiger partial charge on any atom is 0.136 e. The minimum Gasteiger partial charge on any atom is -0.492 e. The van der Waals surface area contributed by atoms with Crippen LogP contribution < -0.4 is 10.1 Å². The minimum absolute atomic E-state index is 0.222. The van der Waals surface area contributed by atoms with Gasteiger partial charge in [-0.15, -0.1) is 0 Å². The van der Waals surface area contributed by atoms with Gasteiger partial charge in [-0.2, -0.15) is 0 Å². The lowest BCUT2D eigenvalue weighted by molar-refractivity contribution is 0.290. The number of nitrogens with one attached hydrogen (secondary N) is 1. The topological polar surface area (TPSA) is 21.3 Å². The van der Waals surface area contributed by atoms with Crippen molar-refractivity contribution in [1.29, 1.82) is 0 Å². The van der Waals surface area contributed by atoms with Crippen LogP contribution in [0.25, 0.3) is 0 Å². The number of rotatable bonds is 6. The van der Waals surface area contributed by atoms with Gasteiger partial charge < -0.3 is 10.1 Å². The van der Waals surface area contributed by atoms with E-state index in [-0.39, 0.29) is 5.54 Å². The molecule has 1 fully saturated rings. The Morgan fingerprint density at radius 3 is 2.67 bits per heavy atom. The smallest absolute Gasteiger partial charge is 0.136 e. The van der Waals surface area contributed by atoms with Gasteiger partial charge in [-0.25, -0.2) is 0 Å². The largest absolute Gasteiger partial charge is 0.492 e. The zero-order chi connectivity index (χ0) is 15.5. The number of benzene rings is 1. The Morgan fingerprint density at radius 1 is 1.33 bits per heavy atom. The van der Waals surface area contributed by atoms with Crippen molar-refractivity contribution in [3.8, 4) is 5.75 Å². The molecule has 0 amide bonds. The van der Waals surface area contributed by atoms with Crippen LogP contribution in [0.15, 0.2) is 21.1 Å². The van der Waals surface area contributed by atoms with Crippen LogP contribution in [-0.2, 0) is 6.42 Å². The van der Waals surface area contributed by atoms with E-state index >= 15 is 0 Å². The Bertz CT molecular complexity index is 482. The van der Waals surface area contributed by atoms with Crippen LogP contribution in [-0.4, -0.2) is 18.7 Å². The molecule has 1 aliphatic heterocycles. The molecule has 0 aliphatic carbocycles. The quantitative estimate of drug-likeness (QED) is 0.674. The lowest BCUT2D eigenvalue weighted by Crippen LogP contribution is -2.43. The summed E-state index contributed by atoms with van der Waals surface area (Å²) in [7, 11) is 0. The predicted molar refractivity (Wildman–Crippen MR) is 96.1 cm³/mol. The fraction of sp³-hybridized carbons (Fsp3) is 0.647. The van der Waals surface area contributed by atoms with Crippen LogP contribution in [0.1, 0.15) is 45.6 Å². The highest BCUT2D eigenvalue weighted by atomic mass is 79.9. The summed E-state index contributed by atoms with van der Waals surface area (Å²) in [4.78, 5) is 0. The molecule has 118 valence electrons. The predicted octanol–water partition coefficient (Wildman–Crippen LogP) is 5.32. The summed E-state index contributed by atoms with van der Waals surface area (Å²) < 4.78 is 8.02. The van der Waals surface area contributed by atoms with Gasteiger partial charge in [0, 0.05) is 10.0 Å². The fourth-order valence-electron chi connectivity index (χ4n) is 3.46. The second kappa shape index (κ2) is 7.47. The van der Waals surface area contributed by atoms with E-state index in [1.807, 2.05) is 6.92 Å².